The maximum absolute atomic E-state index is 10.8. The van der Waals surface area contributed by atoms with E-state index >= 15 is 0 Å². The zero-order chi connectivity index (χ0) is 9.52. The molecule has 13 heavy (non-hydrogen) atoms. The van der Waals surface area contributed by atoms with Gasteiger partial charge in [0.25, 0.3) is 0 Å². The number of carbonyl (C=O) groups is 1. The fraction of sp³-hybridized carbons (Fsp3) is 0.556. The van der Waals surface area contributed by atoms with Crippen LogP contribution in [0.1, 0.15) is 19.3 Å². The van der Waals surface area contributed by atoms with Crippen LogP contribution in [0.25, 0.3) is 0 Å². The van der Waals surface area contributed by atoms with Gasteiger partial charge in [-0.25, -0.2) is 9.69 Å². The van der Waals surface area contributed by atoms with Crippen molar-refractivity contribution in [1.29, 1.82) is 5.26 Å². The molecule has 4 heteroatoms. The topological polar surface area (TPSA) is 53.3 Å². The first-order chi connectivity index (χ1) is 6.34. The fourth-order valence-electron chi connectivity index (χ4n) is 0.902. The summed E-state index contributed by atoms with van der Waals surface area (Å²) in [5, 5.41) is 8.24. The lowest BCUT2D eigenvalue weighted by Crippen LogP contribution is -2.17. The summed E-state index contributed by atoms with van der Waals surface area (Å²) in [4.78, 5) is 12.2. The third kappa shape index (κ3) is 3.04. The van der Waals surface area contributed by atoms with E-state index in [1.54, 1.807) is 0 Å². The van der Waals surface area contributed by atoms with Crippen LogP contribution in [-0.4, -0.2) is 24.1 Å². The Morgan fingerprint density at radius 3 is 3.00 bits per heavy atom. The molecule has 1 amide bonds. The van der Waals surface area contributed by atoms with Crippen molar-refractivity contribution in [1.82, 2.24) is 4.90 Å². The standard InChI is InChI=1S/C9H10N2O2/c10-5-3-1-2-4-6-11-7-8-13-9(11)12/h1-3,7-8H2. The molecule has 0 atom stereocenters. The van der Waals surface area contributed by atoms with E-state index < -0.39 is 0 Å². The minimum atomic E-state index is -0.368. The quantitative estimate of drug-likeness (QED) is 0.470. The molecule has 0 radical (unpaired) electrons. The number of rotatable bonds is 2. The van der Waals surface area contributed by atoms with Crippen LogP contribution in [0.2, 0.25) is 0 Å². The van der Waals surface area contributed by atoms with E-state index in [-0.39, 0.29) is 6.09 Å². The summed E-state index contributed by atoms with van der Waals surface area (Å²) in [5.41, 5.74) is 0. The minimum absolute atomic E-state index is 0.368. The monoisotopic (exact) mass is 178 g/mol. The number of nitriles is 1. The Bertz CT molecular complexity index is 282. The average molecular weight is 178 g/mol. The summed E-state index contributed by atoms with van der Waals surface area (Å²) in [7, 11) is 0. The van der Waals surface area contributed by atoms with E-state index in [4.69, 9.17) is 5.26 Å². The van der Waals surface area contributed by atoms with E-state index in [0.717, 1.165) is 6.42 Å². The van der Waals surface area contributed by atoms with E-state index in [9.17, 15) is 4.79 Å². The SMILES string of the molecule is N#CCCCC#CN1CCOC1=O. The summed E-state index contributed by atoms with van der Waals surface area (Å²) in [6.07, 6.45) is 1.55. The van der Waals surface area contributed by atoms with Crippen molar-refractivity contribution in [2.75, 3.05) is 13.2 Å². The van der Waals surface area contributed by atoms with Gasteiger partial charge in [-0.05, 0) is 6.42 Å². The summed E-state index contributed by atoms with van der Waals surface area (Å²) in [6.45, 7) is 0.968. The van der Waals surface area contributed by atoms with Gasteiger partial charge in [-0.15, -0.1) is 0 Å². The van der Waals surface area contributed by atoms with Crippen LogP contribution in [-0.2, 0) is 4.74 Å². The van der Waals surface area contributed by atoms with Crippen LogP contribution in [0.5, 0.6) is 0 Å². The second-order valence-electron chi connectivity index (χ2n) is 2.57. The Morgan fingerprint density at radius 1 is 1.54 bits per heavy atom. The van der Waals surface area contributed by atoms with Crippen molar-refractivity contribution >= 4 is 6.09 Å². The van der Waals surface area contributed by atoms with Crippen molar-refractivity contribution in [3.05, 3.63) is 0 Å². The van der Waals surface area contributed by atoms with Crippen molar-refractivity contribution in [3.63, 3.8) is 0 Å². The lowest BCUT2D eigenvalue weighted by atomic mass is 10.2. The Balaban J connectivity index is 2.23. The number of amides is 1. The first-order valence-corrected chi connectivity index (χ1v) is 4.14. The van der Waals surface area contributed by atoms with Crippen molar-refractivity contribution < 1.29 is 9.53 Å². The first kappa shape index (κ1) is 9.41. The number of ether oxygens (including phenoxy) is 1. The molecule has 0 bridgehead atoms. The Morgan fingerprint density at radius 2 is 2.38 bits per heavy atom. The van der Waals surface area contributed by atoms with Crippen molar-refractivity contribution in [2.24, 2.45) is 0 Å². The number of hydrogen-bond donors (Lipinski definition) is 0. The normalized spacial score (nSPS) is 14.4. The highest BCUT2D eigenvalue weighted by atomic mass is 16.6. The summed E-state index contributed by atoms with van der Waals surface area (Å²) in [6, 6.07) is 4.72. The van der Waals surface area contributed by atoms with Crippen molar-refractivity contribution in [3.8, 4) is 18.0 Å². The molecule has 0 unspecified atom stereocenters. The molecule has 0 aromatic carbocycles. The predicted octanol–water partition coefficient (Wildman–Crippen LogP) is 1.09. The Kier molecular flexibility index (Phi) is 3.66. The molecule has 1 aliphatic heterocycles. The fourth-order valence-corrected chi connectivity index (χ4v) is 0.902. The molecule has 1 fully saturated rings. The third-order valence-electron chi connectivity index (χ3n) is 1.57. The smallest absolute Gasteiger partial charge is 0.421 e. The molecule has 0 aliphatic carbocycles. The first-order valence-electron chi connectivity index (χ1n) is 4.14. The maximum Gasteiger partial charge on any atom is 0.421 e. The molecule has 4 nitrogen and oxygen atoms in total. The second kappa shape index (κ2) is 5.05. The number of carbonyl (C=O) groups excluding carboxylic acids is 1. The van der Waals surface area contributed by atoms with Gasteiger partial charge in [-0.1, -0.05) is 5.92 Å². The highest BCUT2D eigenvalue weighted by molar-refractivity contribution is 5.71. The third-order valence-corrected chi connectivity index (χ3v) is 1.57. The molecule has 0 aromatic heterocycles. The van der Waals surface area contributed by atoms with E-state index in [1.807, 2.05) is 6.07 Å². The molecule has 0 aromatic rings. The minimum Gasteiger partial charge on any atom is -0.447 e. The Hall–Kier alpha value is -1.68. The van der Waals surface area contributed by atoms with Crippen LogP contribution in [0.15, 0.2) is 0 Å². The summed E-state index contributed by atoms with van der Waals surface area (Å²) < 4.78 is 4.68. The highest BCUT2D eigenvalue weighted by Gasteiger charge is 2.19. The molecule has 1 saturated heterocycles. The molecule has 1 heterocycles. The van der Waals surface area contributed by atoms with Crippen LogP contribution in [0, 0.1) is 23.3 Å². The molecule has 0 N–H and O–H groups in total. The highest BCUT2D eigenvalue weighted by Crippen LogP contribution is 2.00. The largest absolute Gasteiger partial charge is 0.447 e. The zero-order valence-corrected chi connectivity index (χ0v) is 7.25. The van der Waals surface area contributed by atoms with Gasteiger partial charge in [0, 0.05) is 18.9 Å². The molecule has 0 spiro atoms. The van der Waals surface area contributed by atoms with E-state index in [0.29, 0.717) is 26.0 Å². The zero-order valence-electron chi connectivity index (χ0n) is 7.25. The van der Waals surface area contributed by atoms with Crippen LogP contribution in [0.4, 0.5) is 4.79 Å². The molecule has 1 aliphatic rings. The molecule has 68 valence electrons. The van der Waals surface area contributed by atoms with Gasteiger partial charge in [0.2, 0.25) is 0 Å². The number of unbranched alkanes of at least 4 members (excludes halogenated alkanes) is 2. The summed E-state index contributed by atoms with van der Waals surface area (Å²) >= 11 is 0. The van der Waals surface area contributed by atoms with Gasteiger partial charge in [-0.2, -0.15) is 5.26 Å². The van der Waals surface area contributed by atoms with Crippen LogP contribution >= 0.6 is 0 Å². The average Bonchev–Trinajstić information content (AvgIpc) is 2.52. The van der Waals surface area contributed by atoms with Crippen LogP contribution in [0.3, 0.4) is 0 Å². The van der Waals surface area contributed by atoms with Crippen LogP contribution < -0.4 is 0 Å². The van der Waals surface area contributed by atoms with Gasteiger partial charge in [0.15, 0.2) is 0 Å². The molecule has 0 saturated carbocycles. The van der Waals surface area contributed by atoms with Crippen molar-refractivity contribution in [2.45, 2.75) is 19.3 Å². The predicted molar refractivity (Wildman–Crippen MR) is 45.3 cm³/mol. The number of cyclic esters (lactones) is 1. The molecular weight excluding hydrogens is 168 g/mol. The lowest BCUT2D eigenvalue weighted by molar-refractivity contribution is 0.167. The number of hydrogen-bond acceptors (Lipinski definition) is 3. The van der Waals surface area contributed by atoms with Gasteiger partial charge in [-0.3, -0.25) is 0 Å². The van der Waals surface area contributed by atoms with Gasteiger partial charge >= 0.3 is 6.09 Å². The second-order valence-corrected chi connectivity index (χ2v) is 2.57. The van der Waals surface area contributed by atoms with E-state index in [1.165, 1.54) is 4.90 Å². The van der Waals surface area contributed by atoms with Gasteiger partial charge < -0.3 is 4.74 Å². The molecule has 1 rings (SSSR count). The number of nitrogens with zero attached hydrogens (tertiary/aromatic N) is 2. The lowest BCUT2D eigenvalue weighted by Gasteiger charge is -1.99. The Labute approximate surface area is 77.1 Å². The van der Waals surface area contributed by atoms with E-state index in [2.05, 4.69) is 16.7 Å². The summed E-state index contributed by atoms with van der Waals surface area (Å²) in [5.74, 6) is 2.82. The molecular formula is C9H10N2O2. The van der Waals surface area contributed by atoms with Gasteiger partial charge in [0.1, 0.15) is 6.61 Å². The van der Waals surface area contributed by atoms with Gasteiger partial charge in [0.05, 0.1) is 12.6 Å². The maximum atomic E-state index is 10.8.